The molecule has 1 unspecified atom stereocenters. The lowest BCUT2D eigenvalue weighted by Crippen LogP contribution is -2.27. The molecule has 20 heavy (non-hydrogen) atoms. The van der Waals surface area contributed by atoms with Gasteiger partial charge in [-0.3, -0.25) is 4.18 Å². The number of rotatable bonds is 5. The highest BCUT2D eigenvalue weighted by atomic mass is 32.2. The van der Waals surface area contributed by atoms with Crippen molar-refractivity contribution in [3.05, 3.63) is 18.0 Å². The highest BCUT2D eigenvalue weighted by Gasteiger charge is 2.56. The molecule has 6 nitrogen and oxygen atoms in total. The molecule has 1 aromatic rings. The van der Waals surface area contributed by atoms with Crippen LogP contribution < -0.4 is 4.90 Å². The maximum absolute atomic E-state index is 11.0. The Kier molecular flexibility index (Phi) is 3.41. The fourth-order valence-electron chi connectivity index (χ4n) is 2.96. The highest BCUT2D eigenvalue weighted by molar-refractivity contribution is 7.85. The van der Waals surface area contributed by atoms with Gasteiger partial charge in [0.05, 0.1) is 12.9 Å². The van der Waals surface area contributed by atoms with E-state index in [1.54, 1.807) is 0 Å². The average molecular weight is 297 g/mol. The summed E-state index contributed by atoms with van der Waals surface area (Å²) in [6.07, 6.45) is 5.78. The fraction of sp³-hybridized carbons (Fsp3) is 0.692. The van der Waals surface area contributed by atoms with E-state index in [9.17, 15) is 8.42 Å². The Morgan fingerprint density at radius 1 is 1.30 bits per heavy atom. The third-order valence-corrected chi connectivity index (χ3v) is 4.79. The Hall–Kier alpha value is -1.21. The zero-order valence-corrected chi connectivity index (χ0v) is 12.5. The van der Waals surface area contributed by atoms with Crippen LogP contribution >= 0.6 is 0 Å². The summed E-state index contributed by atoms with van der Waals surface area (Å²) in [5.74, 6) is 2.19. The van der Waals surface area contributed by atoms with Crippen molar-refractivity contribution in [1.82, 2.24) is 9.97 Å². The minimum absolute atomic E-state index is 0.317. The SMILES string of the molecule is CCc1cnc(N2CC3[C@@H](COS(C)(=O)=O)[C@@H]3C2)nc1. The number of aromatic nitrogens is 2. The molecule has 2 fully saturated rings. The molecule has 1 saturated heterocycles. The normalized spacial score (nSPS) is 28.5. The van der Waals surface area contributed by atoms with E-state index < -0.39 is 10.1 Å². The topological polar surface area (TPSA) is 72.4 Å². The molecule has 0 aromatic carbocycles. The highest BCUT2D eigenvalue weighted by Crippen LogP contribution is 2.52. The summed E-state index contributed by atoms with van der Waals surface area (Å²) in [6, 6.07) is 0. The van der Waals surface area contributed by atoms with Crippen LogP contribution in [0.15, 0.2) is 12.4 Å². The van der Waals surface area contributed by atoms with Crippen molar-refractivity contribution in [2.24, 2.45) is 17.8 Å². The molecule has 0 bridgehead atoms. The number of piperidine rings is 1. The lowest BCUT2D eigenvalue weighted by molar-refractivity contribution is 0.289. The molecule has 7 heteroatoms. The van der Waals surface area contributed by atoms with Crippen molar-refractivity contribution in [1.29, 1.82) is 0 Å². The van der Waals surface area contributed by atoms with Crippen molar-refractivity contribution in [2.45, 2.75) is 13.3 Å². The number of anilines is 1. The van der Waals surface area contributed by atoms with Crippen molar-refractivity contribution >= 4 is 16.1 Å². The maximum atomic E-state index is 11.0. The van der Waals surface area contributed by atoms with Gasteiger partial charge in [-0.2, -0.15) is 8.42 Å². The number of hydrogen-bond acceptors (Lipinski definition) is 6. The monoisotopic (exact) mass is 297 g/mol. The Bertz CT molecular complexity index is 575. The smallest absolute Gasteiger partial charge is 0.264 e. The predicted octanol–water partition coefficient (Wildman–Crippen LogP) is 0.697. The molecule has 1 aliphatic heterocycles. The van der Waals surface area contributed by atoms with Gasteiger partial charge >= 0.3 is 0 Å². The second kappa shape index (κ2) is 4.96. The summed E-state index contributed by atoms with van der Waals surface area (Å²) in [5, 5.41) is 0. The number of aryl methyl sites for hydroxylation is 1. The van der Waals surface area contributed by atoms with Crippen LogP contribution in [0.5, 0.6) is 0 Å². The van der Waals surface area contributed by atoms with Crippen LogP contribution in [0.1, 0.15) is 12.5 Å². The second-order valence-corrected chi connectivity index (χ2v) is 7.27. The molecule has 110 valence electrons. The van der Waals surface area contributed by atoms with Crippen LogP contribution in [0.3, 0.4) is 0 Å². The Balaban J connectivity index is 1.53. The first-order valence-electron chi connectivity index (χ1n) is 6.88. The van der Waals surface area contributed by atoms with Gasteiger partial charge in [-0.1, -0.05) is 6.92 Å². The van der Waals surface area contributed by atoms with Gasteiger partial charge in [0.25, 0.3) is 10.1 Å². The quantitative estimate of drug-likeness (QED) is 0.745. The molecule has 0 N–H and O–H groups in total. The van der Waals surface area contributed by atoms with E-state index in [1.807, 2.05) is 12.4 Å². The van der Waals surface area contributed by atoms with Crippen LogP contribution in [0.4, 0.5) is 5.95 Å². The Morgan fingerprint density at radius 3 is 2.40 bits per heavy atom. The first kappa shape index (κ1) is 13.8. The fourth-order valence-corrected chi connectivity index (χ4v) is 3.36. The molecule has 2 aliphatic rings. The minimum Gasteiger partial charge on any atom is -0.340 e. The molecule has 2 heterocycles. The van der Waals surface area contributed by atoms with Crippen molar-refractivity contribution < 1.29 is 12.6 Å². The third-order valence-electron chi connectivity index (χ3n) is 4.23. The van der Waals surface area contributed by atoms with Crippen LogP contribution in [0.25, 0.3) is 0 Å². The first-order chi connectivity index (χ1) is 9.48. The van der Waals surface area contributed by atoms with E-state index in [-0.39, 0.29) is 0 Å². The van der Waals surface area contributed by atoms with Crippen molar-refractivity contribution in [2.75, 3.05) is 30.9 Å². The zero-order valence-electron chi connectivity index (χ0n) is 11.7. The van der Waals surface area contributed by atoms with Gasteiger partial charge in [0, 0.05) is 25.5 Å². The van der Waals surface area contributed by atoms with Crippen molar-refractivity contribution in [3.8, 4) is 0 Å². The summed E-state index contributed by atoms with van der Waals surface area (Å²) in [6.45, 7) is 4.19. The van der Waals surface area contributed by atoms with Gasteiger partial charge in [-0.05, 0) is 29.7 Å². The van der Waals surface area contributed by atoms with E-state index in [0.717, 1.165) is 37.3 Å². The van der Waals surface area contributed by atoms with Crippen LogP contribution in [-0.2, 0) is 20.7 Å². The number of nitrogens with zero attached hydrogens (tertiary/aromatic N) is 3. The van der Waals surface area contributed by atoms with Gasteiger partial charge in [-0.25, -0.2) is 9.97 Å². The first-order valence-corrected chi connectivity index (χ1v) is 8.70. The molecule has 0 radical (unpaired) electrons. The van der Waals surface area contributed by atoms with Gasteiger partial charge in [-0.15, -0.1) is 0 Å². The van der Waals surface area contributed by atoms with E-state index in [4.69, 9.17) is 4.18 Å². The summed E-state index contributed by atoms with van der Waals surface area (Å²) < 4.78 is 26.8. The molecular formula is C13H19N3O3S. The average Bonchev–Trinajstić information content (AvgIpc) is 2.87. The maximum Gasteiger partial charge on any atom is 0.264 e. The van der Waals surface area contributed by atoms with Crippen LogP contribution in [0.2, 0.25) is 0 Å². The predicted molar refractivity (Wildman–Crippen MR) is 74.9 cm³/mol. The van der Waals surface area contributed by atoms with E-state index in [1.165, 1.54) is 0 Å². The van der Waals surface area contributed by atoms with E-state index in [2.05, 4.69) is 21.8 Å². The van der Waals surface area contributed by atoms with Crippen LogP contribution in [0, 0.1) is 17.8 Å². The summed E-state index contributed by atoms with van der Waals surface area (Å²) in [5.41, 5.74) is 1.14. The lowest BCUT2D eigenvalue weighted by atomic mass is 10.3. The molecule has 0 amide bonds. The Labute approximate surface area is 119 Å². The zero-order chi connectivity index (χ0) is 14.3. The van der Waals surface area contributed by atoms with E-state index >= 15 is 0 Å². The van der Waals surface area contributed by atoms with Gasteiger partial charge < -0.3 is 4.90 Å². The second-order valence-electron chi connectivity index (χ2n) is 5.63. The third kappa shape index (κ3) is 2.78. The van der Waals surface area contributed by atoms with Gasteiger partial charge in [0.2, 0.25) is 5.95 Å². The molecule has 3 rings (SSSR count). The standard InChI is InChI=1S/C13H19N3O3S/c1-3-9-4-14-13(15-5-9)16-6-10-11(7-16)12(10)8-19-20(2,17)18/h4-5,10-12H,3,6-8H2,1-2H3/t10-,11?,12+/m1/s1. The lowest BCUT2D eigenvalue weighted by Gasteiger charge is -2.19. The van der Waals surface area contributed by atoms with Crippen molar-refractivity contribution in [3.63, 3.8) is 0 Å². The van der Waals surface area contributed by atoms with Gasteiger partial charge in [0.1, 0.15) is 0 Å². The molecule has 0 spiro atoms. The summed E-state index contributed by atoms with van der Waals surface area (Å²) >= 11 is 0. The largest absolute Gasteiger partial charge is 0.340 e. The van der Waals surface area contributed by atoms with E-state index in [0.29, 0.717) is 24.4 Å². The molecule has 1 aromatic heterocycles. The summed E-state index contributed by atoms with van der Waals surface area (Å²) in [4.78, 5) is 10.9. The molecular weight excluding hydrogens is 278 g/mol. The number of hydrogen-bond donors (Lipinski definition) is 0. The Morgan fingerprint density at radius 2 is 1.90 bits per heavy atom. The minimum atomic E-state index is -3.32. The molecule has 1 saturated carbocycles. The molecule has 1 aliphatic carbocycles. The summed E-state index contributed by atoms with van der Waals surface area (Å²) in [7, 11) is -3.32. The van der Waals surface area contributed by atoms with Gasteiger partial charge in [0.15, 0.2) is 0 Å². The molecule has 3 atom stereocenters. The number of fused-ring (bicyclic) bond motifs is 1. The van der Waals surface area contributed by atoms with Crippen LogP contribution in [-0.4, -0.2) is 44.3 Å².